The van der Waals surface area contributed by atoms with Crippen LogP contribution in [0.15, 0.2) is 259 Å². The fraction of sp³-hybridized carbons (Fsp3) is 0.0571. The van der Waals surface area contributed by atoms with Crippen LogP contribution in [-0.2, 0) is 10.8 Å². The van der Waals surface area contributed by atoms with Crippen LogP contribution in [0, 0.1) is 0 Å². The average molecular weight is 933 g/mol. The Morgan fingerprint density at radius 3 is 1.77 bits per heavy atom. The van der Waals surface area contributed by atoms with Gasteiger partial charge in [-0.3, -0.25) is 0 Å². The molecule has 3 heteroatoms. The molecule has 13 aromatic rings. The van der Waals surface area contributed by atoms with Crippen molar-refractivity contribution in [3.8, 4) is 39.1 Å². The summed E-state index contributed by atoms with van der Waals surface area (Å²) in [4.78, 5) is 2.38. The molecular formula is C70H48N2O. The van der Waals surface area contributed by atoms with Crippen molar-refractivity contribution in [2.45, 2.75) is 24.7 Å². The summed E-state index contributed by atoms with van der Waals surface area (Å²) in [5, 5.41) is 4.80. The minimum atomic E-state index is -0.465. The first-order valence-electron chi connectivity index (χ1n) is 25.4. The molecule has 0 saturated carbocycles. The van der Waals surface area contributed by atoms with Crippen LogP contribution < -0.4 is 4.90 Å². The maximum absolute atomic E-state index is 6.79. The highest BCUT2D eigenvalue weighted by Crippen LogP contribution is 2.57. The zero-order valence-corrected chi connectivity index (χ0v) is 40.6. The molecular weight excluding hydrogens is 885 g/mol. The summed E-state index contributed by atoms with van der Waals surface area (Å²) in [5.74, 6) is 0. The zero-order chi connectivity index (χ0) is 48.4. The van der Waals surface area contributed by atoms with Gasteiger partial charge in [0.15, 0.2) is 0 Å². The topological polar surface area (TPSA) is 21.3 Å². The summed E-state index contributed by atoms with van der Waals surface area (Å²) in [6.45, 7) is 4.81. The van der Waals surface area contributed by atoms with E-state index in [-0.39, 0.29) is 5.41 Å². The normalized spacial score (nSPS) is 13.8. The van der Waals surface area contributed by atoms with Crippen LogP contribution in [0.1, 0.15) is 47.2 Å². The quantitative estimate of drug-likeness (QED) is 0.159. The Kier molecular flexibility index (Phi) is 8.92. The molecule has 2 heterocycles. The Hall–Kier alpha value is -9.18. The maximum Gasteiger partial charge on any atom is 0.137 e. The summed E-state index contributed by atoms with van der Waals surface area (Å²) in [6, 6.07) is 93.6. The summed E-state index contributed by atoms with van der Waals surface area (Å²) < 4.78 is 9.22. The lowest BCUT2D eigenvalue weighted by Gasteiger charge is -2.34. The highest BCUT2D eigenvalue weighted by molar-refractivity contribution is 6.14. The zero-order valence-electron chi connectivity index (χ0n) is 40.6. The Labute approximate surface area is 424 Å². The van der Waals surface area contributed by atoms with Gasteiger partial charge >= 0.3 is 0 Å². The minimum absolute atomic E-state index is 0.275. The van der Waals surface area contributed by atoms with Crippen molar-refractivity contribution in [1.29, 1.82) is 0 Å². The molecule has 0 spiro atoms. The van der Waals surface area contributed by atoms with Crippen LogP contribution in [0.25, 0.3) is 82.8 Å². The second kappa shape index (κ2) is 15.7. The van der Waals surface area contributed by atoms with Gasteiger partial charge in [-0.15, -0.1) is 0 Å². The fourth-order valence-electron chi connectivity index (χ4n) is 13.1. The van der Waals surface area contributed by atoms with E-state index in [1.54, 1.807) is 0 Å². The number of hydrogen-bond donors (Lipinski definition) is 0. The van der Waals surface area contributed by atoms with Gasteiger partial charge in [0.1, 0.15) is 11.2 Å². The van der Waals surface area contributed by atoms with Crippen LogP contribution in [0.5, 0.6) is 0 Å². The smallest absolute Gasteiger partial charge is 0.137 e. The molecule has 3 nitrogen and oxygen atoms in total. The van der Waals surface area contributed by atoms with Gasteiger partial charge in [0.05, 0.1) is 16.4 Å². The molecule has 2 aliphatic carbocycles. The molecule has 0 atom stereocenters. The first kappa shape index (κ1) is 41.6. The standard InChI is InChI=1S/C70H48N2O/c1-69(2)62-43-51(34-36-55(62)57-38-39-64-67(68(57)69)58-29-14-17-32-63(58)72(64)50-25-10-5-11-26-50)71(49-23-8-4-9-24-49)52-35-37-56-59-42-46(33-40-65(59)73-66(56)44-52)45-19-18-22-48(41-45)70(47-20-6-3-7-21-47)60-30-15-12-27-53(60)54-28-13-16-31-61(54)70/h3-44H,1-2H3. The Balaban J connectivity index is 0.832. The number of para-hydroxylation sites is 3. The van der Waals surface area contributed by atoms with Gasteiger partial charge in [-0.1, -0.05) is 184 Å². The molecule has 0 unspecified atom stereocenters. The van der Waals surface area contributed by atoms with E-state index in [4.69, 9.17) is 4.42 Å². The number of rotatable bonds is 7. The number of furan rings is 1. The molecule has 0 fully saturated rings. The monoisotopic (exact) mass is 932 g/mol. The largest absolute Gasteiger partial charge is 0.456 e. The third kappa shape index (κ3) is 5.94. The number of fused-ring (bicyclic) bond motifs is 13. The van der Waals surface area contributed by atoms with E-state index < -0.39 is 5.41 Å². The lowest BCUT2D eigenvalue weighted by molar-refractivity contribution is 0.666. The molecule has 0 bridgehead atoms. The fourth-order valence-corrected chi connectivity index (χ4v) is 13.1. The van der Waals surface area contributed by atoms with E-state index in [9.17, 15) is 0 Å². The van der Waals surface area contributed by atoms with Gasteiger partial charge in [0, 0.05) is 55.8 Å². The van der Waals surface area contributed by atoms with Gasteiger partial charge < -0.3 is 13.9 Å². The van der Waals surface area contributed by atoms with Crippen molar-refractivity contribution in [2.24, 2.45) is 0 Å². The van der Waals surface area contributed by atoms with Crippen LogP contribution in [0.3, 0.4) is 0 Å². The first-order valence-corrected chi connectivity index (χ1v) is 25.4. The van der Waals surface area contributed by atoms with E-state index in [0.717, 1.165) is 44.6 Å². The highest BCUT2D eigenvalue weighted by Gasteiger charge is 2.46. The van der Waals surface area contributed by atoms with E-state index in [0.29, 0.717) is 0 Å². The van der Waals surface area contributed by atoms with E-state index in [1.165, 1.54) is 88.7 Å². The minimum Gasteiger partial charge on any atom is -0.456 e. The third-order valence-electron chi connectivity index (χ3n) is 16.2. The van der Waals surface area contributed by atoms with Crippen molar-refractivity contribution >= 4 is 60.8 Å². The van der Waals surface area contributed by atoms with Crippen molar-refractivity contribution in [1.82, 2.24) is 4.57 Å². The molecule has 2 aromatic heterocycles. The number of anilines is 3. The molecule has 15 rings (SSSR count). The predicted octanol–water partition coefficient (Wildman–Crippen LogP) is 18.5. The second-order valence-corrected chi connectivity index (χ2v) is 20.4. The van der Waals surface area contributed by atoms with E-state index in [1.807, 2.05) is 0 Å². The van der Waals surface area contributed by atoms with Crippen LogP contribution in [0.4, 0.5) is 17.1 Å². The molecule has 0 N–H and O–H groups in total. The van der Waals surface area contributed by atoms with Crippen molar-refractivity contribution < 1.29 is 4.42 Å². The van der Waals surface area contributed by atoms with E-state index in [2.05, 4.69) is 278 Å². The molecule has 0 amide bonds. The van der Waals surface area contributed by atoms with Crippen molar-refractivity contribution in [2.75, 3.05) is 4.90 Å². The second-order valence-electron chi connectivity index (χ2n) is 20.4. The lowest BCUT2D eigenvalue weighted by atomic mass is 9.67. The number of hydrogen-bond acceptors (Lipinski definition) is 2. The molecule has 73 heavy (non-hydrogen) atoms. The van der Waals surface area contributed by atoms with Crippen LogP contribution >= 0.6 is 0 Å². The number of nitrogens with zero attached hydrogens (tertiary/aromatic N) is 2. The summed E-state index contributed by atoms with van der Waals surface area (Å²) >= 11 is 0. The molecule has 11 aromatic carbocycles. The maximum atomic E-state index is 6.79. The summed E-state index contributed by atoms with van der Waals surface area (Å²) in [5.41, 5.74) is 23.2. The van der Waals surface area contributed by atoms with Crippen LogP contribution in [0.2, 0.25) is 0 Å². The summed E-state index contributed by atoms with van der Waals surface area (Å²) in [7, 11) is 0. The van der Waals surface area contributed by atoms with Gasteiger partial charge in [0.25, 0.3) is 0 Å². The van der Waals surface area contributed by atoms with Crippen molar-refractivity contribution in [3.63, 3.8) is 0 Å². The Morgan fingerprint density at radius 1 is 0.370 bits per heavy atom. The average Bonchev–Trinajstić information content (AvgIpc) is 4.17. The van der Waals surface area contributed by atoms with Gasteiger partial charge in [0.2, 0.25) is 0 Å². The molecule has 0 aliphatic heterocycles. The summed E-state index contributed by atoms with van der Waals surface area (Å²) in [6.07, 6.45) is 0. The molecule has 344 valence electrons. The SMILES string of the molecule is CC1(C)c2cc(N(c3ccccc3)c3ccc4c(c3)oc3ccc(-c5cccc(C6(c7ccccc7)c7ccccc7-c7ccccc76)c5)cc34)ccc2-c2ccc3c(c21)c1ccccc1n3-c1ccccc1. The van der Waals surface area contributed by atoms with Crippen LogP contribution in [-0.4, -0.2) is 4.57 Å². The number of aromatic nitrogens is 1. The van der Waals surface area contributed by atoms with Crippen molar-refractivity contribution in [3.05, 3.63) is 288 Å². The first-order chi connectivity index (χ1) is 36.0. The lowest BCUT2D eigenvalue weighted by Crippen LogP contribution is -2.28. The van der Waals surface area contributed by atoms with Gasteiger partial charge in [-0.05, 0) is 146 Å². The highest BCUT2D eigenvalue weighted by atomic mass is 16.3. The molecule has 2 aliphatic rings. The number of benzene rings is 11. The molecule has 0 saturated heterocycles. The van der Waals surface area contributed by atoms with E-state index >= 15 is 0 Å². The molecule has 0 radical (unpaired) electrons. The Bertz CT molecular complexity index is 4300. The Morgan fingerprint density at radius 2 is 0.986 bits per heavy atom. The van der Waals surface area contributed by atoms with Gasteiger partial charge in [-0.25, -0.2) is 0 Å². The van der Waals surface area contributed by atoms with Gasteiger partial charge in [-0.2, -0.15) is 0 Å². The third-order valence-corrected chi connectivity index (χ3v) is 16.2. The predicted molar refractivity (Wildman–Crippen MR) is 303 cm³/mol.